The molecule has 3 rings (SSSR count). The standard InChI is InChI=1S/C21H16N2O/c1-24-20-8-6-19(7-9-20)21(12-10-17(15-23)11-13-21)18-4-2-16(14-22)3-5-18/h2-12H,13H2,1H3. The molecular formula is C21H16N2O. The Bertz CT molecular complexity index is 877. The lowest BCUT2D eigenvalue weighted by atomic mass is 9.69. The van der Waals surface area contributed by atoms with Gasteiger partial charge in [-0.25, -0.2) is 0 Å². The van der Waals surface area contributed by atoms with Crippen LogP contribution in [0.1, 0.15) is 23.1 Å². The maximum Gasteiger partial charge on any atom is 0.118 e. The average molecular weight is 312 g/mol. The minimum atomic E-state index is -0.347. The highest BCUT2D eigenvalue weighted by Crippen LogP contribution is 2.41. The highest BCUT2D eigenvalue weighted by Gasteiger charge is 2.32. The Morgan fingerprint density at radius 3 is 2.00 bits per heavy atom. The minimum absolute atomic E-state index is 0.347. The Kier molecular flexibility index (Phi) is 4.18. The molecule has 0 aromatic heterocycles. The lowest BCUT2D eigenvalue weighted by Gasteiger charge is -2.33. The van der Waals surface area contributed by atoms with Gasteiger partial charge >= 0.3 is 0 Å². The average Bonchev–Trinajstić information content (AvgIpc) is 2.68. The van der Waals surface area contributed by atoms with E-state index in [0.29, 0.717) is 17.6 Å². The van der Waals surface area contributed by atoms with E-state index in [9.17, 15) is 0 Å². The number of ether oxygens (including phenoxy) is 1. The van der Waals surface area contributed by atoms with Gasteiger partial charge in [0.15, 0.2) is 0 Å². The van der Waals surface area contributed by atoms with Gasteiger partial charge in [-0.3, -0.25) is 0 Å². The fraction of sp³-hybridized carbons (Fsp3) is 0.143. The lowest BCUT2D eigenvalue weighted by Crippen LogP contribution is -2.26. The van der Waals surface area contributed by atoms with E-state index in [2.05, 4.69) is 18.2 Å². The second-order valence-electron chi connectivity index (χ2n) is 5.70. The first-order valence-electron chi connectivity index (χ1n) is 7.66. The van der Waals surface area contributed by atoms with Gasteiger partial charge < -0.3 is 4.74 Å². The van der Waals surface area contributed by atoms with Crippen LogP contribution in [-0.2, 0) is 5.41 Å². The maximum atomic E-state index is 9.12. The van der Waals surface area contributed by atoms with Crippen molar-refractivity contribution in [1.82, 2.24) is 0 Å². The Labute approximate surface area is 141 Å². The number of hydrogen-bond acceptors (Lipinski definition) is 3. The third-order valence-corrected chi connectivity index (χ3v) is 4.45. The smallest absolute Gasteiger partial charge is 0.118 e. The lowest BCUT2D eigenvalue weighted by molar-refractivity contribution is 0.414. The molecule has 0 radical (unpaired) electrons. The molecule has 3 nitrogen and oxygen atoms in total. The van der Waals surface area contributed by atoms with Crippen molar-refractivity contribution >= 4 is 0 Å². The van der Waals surface area contributed by atoms with Crippen molar-refractivity contribution in [3.8, 4) is 17.9 Å². The molecule has 0 heterocycles. The number of nitriles is 2. The van der Waals surface area contributed by atoms with Gasteiger partial charge in [0.25, 0.3) is 0 Å². The molecule has 1 aliphatic carbocycles. The number of rotatable bonds is 3. The SMILES string of the molecule is COc1ccc(C2(c3ccc(C#N)cc3)C=CC(C#N)=CC2)cc1. The summed E-state index contributed by atoms with van der Waals surface area (Å²) in [6.45, 7) is 0. The van der Waals surface area contributed by atoms with E-state index in [4.69, 9.17) is 15.3 Å². The largest absolute Gasteiger partial charge is 0.497 e. The van der Waals surface area contributed by atoms with Crippen LogP contribution in [0.25, 0.3) is 0 Å². The molecule has 0 aliphatic heterocycles. The van der Waals surface area contributed by atoms with Crippen LogP contribution in [0.5, 0.6) is 5.75 Å². The summed E-state index contributed by atoms with van der Waals surface area (Å²) in [6.07, 6.45) is 6.60. The number of nitrogens with zero attached hydrogens (tertiary/aromatic N) is 2. The van der Waals surface area contributed by atoms with Crippen molar-refractivity contribution in [2.24, 2.45) is 0 Å². The van der Waals surface area contributed by atoms with Crippen molar-refractivity contribution in [3.63, 3.8) is 0 Å². The molecule has 1 aliphatic rings. The molecule has 3 heteroatoms. The van der Waals surface area contributed by atoms with Gasteiger partial charge in [-0.15, -0.1) is 0 Å². The summed E-state index contributed by atoms with van der Waals surface area (Å²) < 4.78 is 5.25. The molecule has 0 saturated heterocycles. The predicted molar refractivity (Wildman–Crippen MR) is 92.4 cm³/mol. The summed E-state index contributed by atoms with van der Waals surface area (Å²) in [6, 6.07) is 20.0. The van der Waals surface area contributed by atoms with Crippen LogP contribution in [0.2, 0.25) is 0 Å². The van der Waals surface area contributed by atoms with Crippen molar-refractivity contribution < 1.29 is 4.74 Å². The first-order valence-corrected chi connectivity index (χ1v) is 7.66. The zero-order valence-corrected chi connectivity index (χ0v) is 13.4. The van der Waals surface area contributed by atoms with E-state index in [0.717, 1.165) is 16.9 Å². The van der Waals surface area contributed by atoms with Gasteiger partial charge in [0.1, 0.15) is 5.75 Å². The van der Waals surface area contributed by atoms with Crippen molar-refractivity contribution in [1.29, 1.82) is 10.5 Å². The normalized spacial score (nSPS) is 19.0. The highest BCUT2D eigenvalue weighted by atomic mass is 16.5. The molecule has 0 amide bonds. The summed E-state index contributed by atoms with van der Waals surface area (Å²) in [5.74, 6) is 0.807. The van der Waals surface area contributed by atoms with Crippen LogP contribution in [0.4, 0.5) is 0 Å². The topological polar surface area (TPSA) is 56.8 Å². The summed E-state index contributed by atoms with van der Waals surface area (Å²) in [5.41, 5.74) is 3.18. The van der Waals surface area contributed by atoms with E-state index < -0.39 is 0 Å². The van der Waals surface area contributed by atoms with Crippen molar-refractivity contribution in [2.75, 3.05) is 7.11 Å². The molecule has 24 heavy (non-hydrogen) atoms. The summed E-state index contributed by atoms with van der Waals surface area (Å²) in [7, 11) is 1.65. The van der Waals surface area contributed by atoms with E-state index in [1.54, 1.807) is 7.11 Å². The van der Waals surface area contributed by atoms with E-state index in [1.807, 2.05) is 60.7 Å². The number of allylic oxidation sites excluding steroid dienone is 4. The predicted octanol–water partition coefficient (Wildman–Crippen LogP) is 4.26. The molecule has 1 atom stereocenters. The zero-order chi connectivity index (χ0) is 17.0. The third kappa shape index (κ3) is 2.69. The quantitative estimate of drug-likeness (QED) is 0.850. The van der Waals surface area contributed by atoms with Crippen LogP contribution in [0.15, 0.2) is 72.3 Å². The summed E-state index contributed by atoms with van der Waals surface area (Å²) in [5, 5.41) is 18.1. The summed E-state index contributed by atoms with van der Waals surface area (Å²) in [4.78, 5) is 0. The maximum absolute atomic E-state index is 9.12. The third-order valence-electron chi connectivity index (χ3n) is 4.45. The molecule has 116 valence electrons. The number of methoxy groups -OCH3 is 1. The Morgan fingerprint density at radius 2 is 1.54 bits per heavy atom. The monoisotopic (exact) mass is 312 g/mol. The second-order valence-corrected chi connectivity index (χ2v) is 5.70. The van der Waals surface area contributed by atoms with Gasteiger partial charge in [0.2, 0.25) is 0 Å². The van der Waals surface area contributed by atoms with Gasteiger partial charge in [0.05, 0.1) is 24.8 Å². The Hall–Kier alpha value is -3.30. The first-order chi connectivity index (χ1) is 11.7. The van der Waals surface area contributed by atoms with Gasteiger partial charge in [-0.1, -0.05) is 36.4 Å². The van der Waals surface area contributed by atoms with E-state index in [-0.39, 0.29) is 5.41 Å². The van der Waals surface area contributed by atoms with Crippen molar-refractivity contribution in [2.45, 2.75) is 11.8 Å². The highest BCUT2D eigenvalue weighted by molar-refractivity contribution is 5.52. The van der Waals surface area contributed by atoms with E-state index in [1.165, 1.54) is 0 Å². The molecular weight excluding hydrogens is 296 g/mol. The molecule has 0 N–H and O–H groups in total. The first kappa shape index (κ1) is 15.6. The van der Waals surface area contributed by atoms with Crippen LogP contribution >= 0.6 is 0 Å². The molecule has 2 aromatic rings. The van der Waals surface area contributed by atoms with Crippen molar-refractivity contribution in [3.05, 3.63) is 89.0 Å². The molecule has 0 fully saturated rings. The van der Waals surface area contributed by atoms with Gasteiger partial charge in [-0.05, 0) is 47.9 Å². The molecule has 2 aromatic carbocycles. The molecule has 0 saturated carbocycles. The zero-order valence-electron chi connectivity index (χ0n) is 13.4. The Morgan fingerprint density at radius 1 is 0.917 bits per heavy atom. The summed E-state index contributed by atoms with van der Waals surface area (Å²) >= 11 is 0. The fourth-order valence-electron chi connectivity index (χ4n) is 3.05. The number of hydrogen-bond donors (Lipinski definition) is 0. The van der Waals surface area contributed by atoms with Crippen LogP contribution < -0.4 is 4.74 Å². The van der Waals surface area contributed by atoms with Crippen LogP contribution in [-0.4, -0.2) is 7.11 Å². The van der Waals surface area contributed by atoms with Crippen LogP contribution in [0, 0.1) is 22.7 Å². The van der Waals surface area contributed by atoms with Gasteiger partial charge in [0, 0.05) is 11.0 Å². The van der Waals surface area contributed by atoms with Crippen LogP contribution in [0.3, 0.4) is 0 Å². The second kappa shape index (κ2) is 6.44. The van der Waals surface area contributed by atoms with Gasteiger partial charge in [-0.2, -0.15) is 10.5 Å². The molecule has 0 spiro atoms. The minimum Gasteiger partial charge on any atom is -0.497 e. The molecule has 0 bridgehead atoms. The molecule has 1 unspecified atom stereocenters. The Balaban J connectivity index is 2.11. The van der Waals surface area contributed by atoms with E-state index >= 15 is 0 Å². The fourth-order valence-corrected chi connectivity index (χ4v) is 3.05. The number of benzene rings is 2.